The summed E-state index contributed by atoms with van der Waals surface area (Å²) in [5.74, 6) is 1.71. The lowest BCUT2D eigenvalue weighted by molar-refractivity contribution is 0.375. The molecule has 1 N–H and O–H groups in total. The highest BCUT2D eigenvalue weighted by Crippen LogP contribution is 2.32. The van der Waals surface area contributed by atoms with Crippen molar-refractivity contribution in [3.8, 4) is 0 Å². The predicted molar refractivity (Wildman–Crippen MR) is 73.0 cm³/mol. The summed E-state index contributed by atoms with van der Waals surface area (Å²) in [7, 11) is 0. The fourth-order valence-electron chi connectivity index (χ4n) is 2.64. The molecule has 5 heteroatoms. The van der Waals surface area contributed by atoms with Crippen LogP contribution in [0.2, 0.25) is 5.15 Å². The first-order valence-electron chi connectivity index (χ1n) is 6.79. The van der Waals surface area contributed by atoms with Crippen molar-refractivity contribution < 1.29 is 0 Å². The maximum atomic E-state index is 5.80. The Hall–Kier alpha value is -0.870. The minimum absolute atomic E-state index is 0.467. The Bertz CT molecular complexity index is 384. The molecule has 1 saturated carbocycles. The third-order valence-corrected chi connectivity index (χ3v) is 3.96. The van der Waals surface area contributed by atoms with Gasteiger partial charge in [-0.05, 0) is 56.8 Å². The normalized spacial score (nSPS) is 23.9. The molecule has 18 heavy (non-hydrogen) atoms. The van der Waals surface area contributed by atoms with Crippen molar-refractivity contribution in [3.05, 3.63) is 17.3 Å². The number of nitrogens with one attached hydrogen (secondary N) is 1. The highest BCUT2D eigenvalue weighted by Gasteiger charge is 2.32. The molecular weight excluding hydrogens is 248 g/mol. The van der Waals surface area contributed by atoms with E-state index in [0.717, 1.165) is 24.8 Å². The van der Waals surface area contributed by atoms with Crippen LogP contribution in [0.4, 0.5) is 5.82 Å². The molecule has 1 aliphatic carbocycles. The van der Waals surface area contributed by atoms with E-state index in [4.69, 9.17) is 11.6 Å². The molecule has 1 aliphatic heterocycles. The van der Waals surface area contributed by atoms with Gasteiger partial charge in [0.2, 0.25) is 0 Å². The molecule has 2 aliphatic rings. The zero-order valence-corrected chi connectivity index (χ0v) is 11.2. The summed E-state index contributed by atoms with van der Waals surface area (Å²) in [6.45, 7) is 3.39. The van der Waals surface area contributed by atoms with Gasteiger partial charge in [0, 0.05) is 12.6 Å². The van der Waals surface area contributed by atoms with E-state index in [1.54, 1.807) is 0 Å². The zero-order chi connectivity index (χ0) is 12.4. The second kappa shape index (κ2) is 5.41. The van der Waals surface area contributed by atoms with E-state index in [1.807, 2.05) is 12.1 Å². The number of aromatic nitrogens is 2. The van der Waals surface area contributed by atoms with Gasteiger partial charge in [-0.3, -0.25) is 0 Å². The van der Waals surface area contributed by atoms with E-state index >= 15 is 0 Å². The minimum atomic E-state index is 0.467. The maximum Gasteiger partial charge on any atom is 0.151 e. The van der Waals surface area contributed by atoms with Crippen LogP contribution in [0.25, 0.3) is 0 Å². The lowest BCUT2D eigenvalue weighted by Crippen LogP contribution is -2.39. The van der Waals surface area contributed by atoms with Gasteiger partial charge in [-0.15, -0.1) is 10.2 Å². The average Bonchev–Trinajstić information content (AvgIpc) is 3.23. The Labute approximate surface area is 113 Å². The van der Waals surface area contributed by atoms with Crippen molar-refractivity contribution in [2.24, 2.45) is 5.92 Å². The van der Waals surface area contributed by atoms with E-state index in [-0.39, 0.29) is 0 Å². The van der Waals surface area contributed by atoms with Crippen LogP contribution in [0.15, 0.2) is 12.1 Å². The lowest BCUT2D eigenvalue weighted by Gasteiger charge is -2.30. The molecule has 98 valence electrons. The van der Waals surface area contributed by atoms with E-state index in [2.05, 4.69) is 20.4 Å². The molecule has 0 amide bonds. The molecule has 0 spiro atoms. The molecule has 2 fully saturated rings. The zero-order valence-electron chi connectivity index (χ0n) is 10.5. The number of piperidine rings is 1. The van der Waals surface area contributed by atoms with Gasteiger partial charge < -0.3 is 10.2 Å². The third kappa shape index (κ3) is 2.93. The van der Waals surface area contributed by atoms with Crippen molar-refractivity contribution in [1.82, 2.24) is 15.5 Å². The standard InChI is InChI=1S/C13H19ClN4/c14-12-5-6-13(17-16-12)18(11-3-4-11)9-10-2-1-7-15-8-10/h5-6,10-11,15H,1-4,7-9H2. The minimum Gasteiger partial charge on any atom is -0.352 e. The van der Waals surface area contributed by atoms with Crippen LogP contribution in [-0.4, -0.2) is 35.9 Å². The van der Waals surface area contributed by atoms with E-state index in [0.29, 0.717) is 11.2 Å². The summed E-state index contributed by atoms with van der Waals surface area (Å²) in [6, 6.07) is 4.49. The van der Waals surface area contributed by atoms with Gasteiger partial charge in [-0.1, -0.05) is 11.6 Å². The highest BCUT2D eigenvalue weighted by atomic mass is 35.5. The Morgan fingerprint density at radius 2 is 2.17 bits per heavy atom. The molecular formula is C13H19ClN4. The van der Waals surface area contributed by atoms with Crippen LogP contribution in [0.1, 0.15) is 25.7 Å². The molecule has 1 aromatic rings. The van der Waals surface area contributed by atoms with Crippen molar-refractivity contribution in [3.63, 3.8) is 0 Å². The van der Waals surface area contributed by atoms with E-state index < -0.39 is 0 Å². The number of halogens is 1. The number of nitrogens with zero attached hydrogens (tertiary/aromatic N) is 3. The largest absolute Gasteiger partial charge is 0.352 e. The summed E-state index contributed by atoms with van der Waals surface area (Å²) in [4.78, 5) is 2.42. The molecule has 0 aromatic carbocycles. The van der Waals surface area contributed by atoms with E-state index in [9.17, 15) is 0 Å². The monoisotopic (exact) mass is 266 g/mol. The van der Waals surface area contributed by atoms with Crippen LogP contribution >= 0.6 is 11.6 Å². The fraction of sp³-hybridized carbons (Fsp3) is 0.692. The summed E-state index contributed by atoms with van der Waals surface area (Å²) in [5.41, 5.74) is 0. The Balaban J connectivity index is 1.69. The highest BCUT2D eigenvalue weighted by molar-refractivity contribution is 6.29. The van der Waals surface area contributed by atoms with Crippen molar-refractivity contribution in [1.29, 1.82) is 0 Å². The molecule has 1 atom stereocenters. The van der Waals surface area contributed by atoms with Gasteiger partial charge in [0.1, 0.15) is 0 Å². The first kappa shape index (κ1) is 12.2. The lowest BCUT2D eigenvalue weighted by atomic mass is 9.99. The van der Waals surface area contributed by atoms with Crippen LogP contribution in [0.3, 0.4) is 0 Å². The van der Waals surface area contributed by atoms with Crippen LogP contribution in [0, 0.1) is 5.92 Å². The quantitative estimate of drug-likeness (QED) is 0.906. The first-order valence-corrected chi connectivity index (χ1v) is 7.17. The van der Waals surface area contributed by atoms with Crippen molar-refractivity contribution in [2.75, 3.05) is 24.5 Å². The summed E-state index contributed by atoms with van der Waals surface area (Å²) in [6.07, 6.45) is 5.17. The summed E-state index contributed by atoms with van der Waals surface area (Å²) >= 11 is 5.80. The topological polar surface area (TPSA) is 41.0 Å². The molecule has 1 unspecified atom stereocenters. The fourth-order valence-corrected chi connectivity index (χ4v) is 2.74. The molecule has 4 nitrogen and oxygen atoms in total. The smallest absolute Gasteiger partial charge is 0.151 e. The first-order chi connectivity index (χ1) is 8.83. The van der Waals surface area contributed by atoms with Crippen LogP contribution in [0.5, 0.6) is 0 Å². The number of rotatable bonds is 4. The molecule has 1 aromatic heterocycles. The maximum absolute atomic E-state index is 5.80. The molecule has 0 radical (unpaired) electrons. The van der Waals surface area contributed by atoms with Crippen molar-refractivity contribution in [2.45, 2.75) is 31.7 Å². The summed E-state index contributed by atoms with van der Waals surface area (Å²) < 4.78 is 0. The van der Waals surface area contributed by atoms with Gasteiger partial charge in [0.25, 0.3) is 0 Å². The van der Waals surface area contributed by atoms with Gasteiger partial charge in [0.15, 0.2) is 11.0 Å². The molecule has 2 heterocycles. The van der Waals surface area contributed by atoms with Gasteiger partial charge in [-0.25, -0.2) is 0 Å². The van der Waals surface area contributed by atoms with Gasteiger partial charge in [-0.2, -0.15) is 0 Å². The molecule has 3 rings (SSSR count). The third-order valence-electron chi connectivity index (χ3n) is 3.75. The molecule has 0 bridgehead atoms. The second-order valence-electron chi connectivity index (χ2n) is 5.31. The summed E-state index contributed by atoms with van der Waals surface area (Å²) in [5, 5.41) is 12.1. The number of anilines is 1. The Kier molecular flexibility index (Phi) is 3.66. The second-order valence-corrected chi connectivity index (χ2v) is 5.70. The SMILES string of the molecule is Clc1ccc(N(CC2CCCNC2)C2CC2)nn1. The van der Waals surface area contributed by atoms with Gasteiger partial charge in [0.05, 0.1) is 0 Å². The Morgan fingerprint density at radius 3 is 2.78 bits per heavy atom. The van der Waals surface area contributed by atoms with Crippen LogP contribution < -0.4 is 10.2 Å². The average molecular weight is 267 g/mol. The van der Waals surface area contributed by atoms with E-state index in [1.165, 1.54) is 32.2 Å². The van der Waals surface area contributed by atoms with Crippen LogP contribution in [-0.2, 0) is 0 Å². The van der Waals surface area contributed by atoms with Gasteiger partial charge >= 0.3 is 0 Å². The number of hydrogen-bond acceptors (Lipinski definition) is 4. The number of hydrogen-bond donors (Lipinski definition) is 1. The Morgan fingerprint density at radius 1 is 1.28 bits per heavy atom. The molecule has 1 saturated heterocycles. The van der Waals surface area contributed by atoms with Crippen molar-refractivity contribution >= 4 is 17.4 Å². The predicted octanol–water partition coefficient (Wildman–Crippen LogP) is 2.10.